The summed E-state index contributed by atoms with van der Waals surface area (Å²) in [5, 5.41) is 0. The molecule has 2 amide bonds. The Morgan fingerprint density at radius 2 is 1.49 bits per heavy atom. The van der Waals surface area contributed by atoms with Crippen LogP contribution < -0.4 is 0 Å². The standard InChI is InChI=1S/C27H35N3O4S/c1-20(2)22-10-12-25(13-11-22)35(33,34)30-17-15-28(16-18-30)27(32)24-5-4-14-29(19-24)26(31)23-8-6-21(3)7-9-23/h6-13,20,24H,4-5,14-19H2,1-3H3. The van der Waals surface area contributed by atoms with Gasteiger partial charge in [0.05, 0.1) is 10.8 Å². The monoisotopic (exact) mass is 497 g/mol. The zero-order valence-electron chi connectivity index (χ0n) is 20.8. The number of piperidine rings is 1. The second kappa shape index (κ2) is 10.5. The molecule has 8 heteroatoms. The molecular weight excluding hydrogens is 462 g/mol. The minimum atomic E-state index is -3.59. The molecule has 0 radical (unpaired) electrons. The highest BCUT2D eigenvalue weighted by Gasteiger charge is 2.35. The zero-order valence-corrected chi connectivity index (χ0v) is 21.6. The van der Waals surface area contributed by atoms with Crippen LogP contribution in [0, 0.1) is 12.8 Å². The van der Waals surface area contributed by atoms with Crippen molar-refractivity contribution in [1.82, 2.24) is 14.1 Å². The molecule has 0 bridgehead atoms. The average molecular weight is 498 g/mol. The fourth-order valence-electron chi connectivity index (χ4n) is 4.82. The number of carbonyl (C=O) groups is 2. The molecule has 2 aromatic carbocycles. The smallest absolute Gasteiger partial charge is 0.253 e. The highest BCUT2D eigenvalue weighted by molar-refractivity contribution is 7.89. The van der Waals surface area contributed by atoms with E-state index in [9.17, 15) is 18.0 Å². The third-order valence-electron chi connectivity index (χ3n) is 7.09. The number of hydrogen-bond donors (Lipinski definition) is 0. The Morgan fingerprint density at radius 3 is 2.09 bits per heavy atom. The lowest BCUT2D eigenvalue weighted by molar-refractivity contribution is -0.138. The van der Waals surface area contributed by atoms with E-state index in [0.29, 0.717) is 42.6 Å². The van der Waals surface area contributed by atoms with E-state index in [1.807, 2.05) is 43.3 Å². The maximum atomic E-state index is 13.3. The molecule has 2 aliphatic heterocycles. The summed E-state index contributed by atoms with van der Waals surface area (Å²) in [5.41, 5.74) is 2.84. The van der Waals surface area contributed by atoms with E-state index in [1.165, 1.54) is 4.31 Å². The van der Waals surface area contributed by atoms with E-state index in [0.717, 1.165) is 24.0 Å². The number of aryl methyl sites for hydroxylation is 1. The third kappa shape index (κ3) is 5.59. The molecule has 0 aliphatic carbocycles. The van der Waals surface area contributed by atoms with Gasteiger partial charge in [-0.2, -0.15) is 4.31 Å². The van der Waals surface area contributed by atoms with Crippen LogP contribution in [0.2, 0.25) is 0 Å². The lowest BCUT2D eigenvalue weighted by Gasteiger charge is -2.38. The molecule has 2 aliphatic rings. The van der Waals surface area contributed by atoms with E-state index >= 15 is 0 Å². The Bertz CT molecular complexity index is 1150. The van der Waals surface area contributed by atoms with E-state index < -0.39 is 10.0 Å². The summed E-state index contributed by atoms with van der Waals surface area (Å²) in [6.45, 7) is 8.47. The second-order valence-electron chi connectivity index (χ2n) is 9.91. The number of carbonyl (C=O) groups excluding carboxylic acids is 2. The van der Waals surface area contributed by atoms with E-state index in [1.54, 1.807) is 21.9 Å². The van der Waals surface area contributed by atoms with Crippen molar-refractivity contribution < 1.29 is 18.0 Å². The summed E-state index contributed by atoms with van der Waals surface area (Å²) >= 11 is 0. The number of nitrogens with zero attached hydrogens (tertiary/aromatic N) is 3. The topological polar surface area (TPSA) is 78.0 Å². The molecule has 1 atom stereocenters. The van der Waals surface area contributed by atoms with Crippen molar-refractivity contribution in [3.63, 3.8) is 0 Å². The number of rotatable bonds is 5. The normalized spacial score (nSPS) is 19.7. The molecule has 7 nitrogen and oxygen atoms in total. The van der Waals surface area contributed by atoms with Crippen molar-refractivity contribution in [3.8, 4) is 0 Å². The van der Waals surface area contributed by atoms with Crippen LogP contribution in [-0.4, -0.2) is 73.6 Å². The molecule has 35 heavy (non-hydrogen) atoms. The van der Waals surface area contributed by atoms with Gasteiger partial charge in [-0.25, -0.2) is 8.42 Å². The Kier molecular flexibility index (Phi) is 7.62. The largest absolute Gasteiger partial charge is 0.340 e. The molecule has 0 aromatic heterocycles. The third-order valence-corrected chi connectivity index (χ3v) is 9.00. The van der Waals surface area contributed by atoms with Gasteiger partial charge < -0.3 is 9.80 Å². The van der Waals surface area contributed by atoms with Crippen molar-refractivity contribution in [3.05, 3.63) is 65.2 Å². The van der Waals surface area contributed by atoms with Crippen molar-refractivity contribution in [2.75, 3.05) is 39.3 Å². The van der Waals surface area contributed by atoms with Gasteiger partial charge in [-0.05, 0) is 55.5 Å². The maximum absolute atomic E-state index is 13.3. The Morgan fingerprint density at radius 1 is 0.857 bits per heavy atom. The molecule has 2 saturated heterocycles. The molecule has 4 rings (SSSR count). The molecule has 188 valence electrons. The van der Waals surface area contributed by atoms with Crippen molar-refractivity contribution in [2.45, 2.75) is 44.4 Å². The Labute approximate surface area is 208 Å². The van der Waals surface area contributed by atoms with Crippen molar-refractivity contribution in [2.24, 2.45) is 5.92 Å². The Balaban J connectivity index is 1.35. The van der Waals surface area contributed by atoms with Gasteiger partial charge in [0.1, 0.15) is 0 Å². The number of hydrogen-bond acceptors (Lipinski definition) is 4. The van der Waals surface area contributed by atoms with Gasteiger partial charge in [0.25, 0.3) is 5.91 Å². The number of piperazine rings is 1. The van der Waals surface area contributed by atoms with Gasteiger partial charge in [0, 0.05) is 44.8 Å². The lowest BCUT2D eigenvalue weighted by atomic mass is 9.95. The van der Waals surface area contributed by atoms with E-state index in [4.69, 9.17) is 0 Å². The number of likely N-dealkylation sites (tertiary alicyclic amines) is 1. The van der Waals surface area contributed by atoms with Crippen LogP contribution in [0.1, 0.15) is 54.1 Å². The molecule has 2 aromatic rings. The summed E-state index contributed by atoms with van der Waals surface area (Å²) in [6.07, 6.45) is 1.53. The molecular formula is C27H35N3O4S. The highest BCUT2D eigenvalue weighted by Crippen LogP contribution is 2.24. The molecule has 0 spiro atoms. The van der Waals surface area contributed by atoms with Gasteiger partial charge >= 0.3 is 0 Å². The minimum Gasteiger partial charge on any atom is -0.340 e. The van der Waals surface area contributed by atoms with Gasteiger partial charge in [0.15, 0.2) is 0 Å². The van der Waals surface area contributed by atoms with E-state index in [2.05, 4.69) is 13.8 Å². The van der Waals surface area contributed by atoms with Crippen LogP contribution >= 0.6 is 0 Å². The number of benzene rings is 2. The average Bonchev–Trinajstić information content (AvgIpc) is 2.88. The summed E-state index contributed by atoms with van der Waals surface area (Å²) in [4.78, 5) is 30.0. The predicted octanol–water partition coefficient (Wildman–Crippen LogP) is 3.50. The first-order valence-electron chi connectivity index (χ1n) is 12.4. The molecule has 1 unspecified atom stereocenters. The summed E-state index contributed by atoms with van der Waals surface area (Å²) in [5.74, 6) is 0.0701. The van der Waals surface area contributed by atoms with Crippen LogP contribution in [0.15, 0.2) is 53.4 Å². The molecule has 0 saturated carbocycles. The number of amides is 2. The predicted molar refractivity (Wildman–Crippen MR) is 136 cm³/mol. The van der Waals surface area contributed by atoms with Gasteiger partial charge in [0.2, 0.25) is 15.9 Å². The van der Waals surface area contributed by atoms with Gasteiger partial charge in [-0.1, -0.05) is 43.7 Å². The summed E-state index contributed by atoms with van der Waals surface area (Å²) in [7, 11) is -3.59. The first-order chi connectivity index (χ1) is 16.7. The van der Waals surface area contributed by atoms with Crippen LogP contribution in [0.25, 0.3) is 0 Å². The number of sulfonamides is 1. The fraction of sp³-hybridized carbons (Fsp3) is 0.481. The maximum Gasteiger partial charge on any atom is 0.253 e. The van der Waals surface area contributed by atoms with Crippen LogP contribution in [0.3, 0.4) is 0 Å². The molecule has 2 heterocycles. The molecule has 0 N–H and O–H groups in total. The first-order valence-corrected chi connectivity index (χ1v) is 13.9. The highest BCUT2D eigenvalue weighted by atomic mass is 32.2. The SMILES string of the molecule is Cc1ccc(C(=O)N2CCCC(C(=O)N3CCN(S(=O)(=O)c4ccc(C(C)C)cc4)CC3)C2)cc1. The lowest BCUT2D eigenvalue weighted by Crippen LogP contribution is -2.54. The first kappa shape index (κ1) is 25.4. The zero-order chi connectivity index (χ0) is 25.2. The van der Waals surface area contributed by atoms with Crippen LogP contribution in [-0.2, 0) is 14.8 Å². The summed E-state index contributed by atoms with van der Waals surface area (Å²) < 4.78 is 27.7. The van der Waals surface area contributed by atoms with Crippen molar-refractivity contribution in [1.29, 1.82) is 0 Å². The van der Waals surface area contributed by atoms with Crippen LogP contribution in [0.4, 0.5) is 0 Å². The van der Waals surface area contributed by atoms with Gasteiger partial charge in [-0.15, -0.1) is 0 Å². The molecule has 2 fully saturated rings. The summed E-state index contributed by atoms with van der Waals surface area (Å²) in [6, 6.07) is 14.6. The fourth-order valence-corrected chi connectivity index (χ4v) is 6.24. The minimum absolute atomic E-state index is 0.0183. The second-order valence-corrected chi connectivity index (χ2v) is 11.8. The Hall–Kier alpha value is -2.71. The quantitative estimate of drug-likeness (QED) is 0.634. The van der Waals surface area contributed by atoms with Gasteiger partial charge in [-0.3, -0.25) is 9.59 Å². The van der Waals surface area contributed by atoms with E-state index in [-0.39, 0.29) is 30.8 Å². The van der Waals surface area contributed by atoms with Crippen molar-refractivity contribution >= 4 is 21.8 Å². The van der Waals surface area contributed by atoms with Crippen LogP contribution in [0.5, 0.6) is 0 Å².